The smallest absolute Gasteiger partial charge is 0.255 e. The lowest BCUT2D eigenvalue weighted by molar-refractivity contribution is -0.138. The lowest BCUT2D eigenvalue weighted by atomic mass is 9.76. The Kier molecular flexibility index (Phi) is 9.64. The highest BCUT2D eigenvalue weighted by Gasteiger charge is 2.49. The molecule has 2 aliphatic rings. The zero-order valence-electron chi connectivity index (χ0n) is 23.2. The summed E-state index contributed by atoms with van der Waals surface area (Å²) in [6.45, 7) is -0.353. The third-order valence-electron chi connectivity index (χ3n) is 7.71. The van der Waals surface area contributed by atoms with Crippen molar-refractivity contribution in [2.45, 2.75) is 62.9 Å². The zero-order valence-corrected chi connectivity index (χ0v) is 25.6. The van der Waals surface area contributed by atoms with Gasteiger partial charge in [0.25, 0.3) is 11.8 Å². The molecule has 14 heteroatoms. The van der Waals surface area contributed by atoms with Crippen molar-refractivity contribution in [3.05, 3.63) is 93.0 Å². The van der Waals surface area contributed by atoms with Gasteiger partial charge in [0.1, 0.15) is 6.61 Å². The predicted molar refractivity (Wildman–Crippen MR) is 159 cm³/mol. The molecule has 1 fully saturated rings. The summed E-state index contributed by atoms with van der Waals surface area (Å²) in [5, 5.41) is 9.84. The maximum absolute atomic E-state index is 14.3. The van der Waals surface area contributed by atoms with Crippen molar-refractivity contribution in [3.8, 4) is 0 Å². The highest BCUT2D eigenvalue weighted by molar-refractivity contribution is 7.88. The van der Waals surface area contributed by atoms with Crippen LogP contribution in [0.2, 0.25) is 10.0 Å². The number of rotatable bonds is 9. The van der Waals surface area contributed by atoms with Crippen LogP contribution < -0.4 is 10.2 Å². The third-order valence-corrected chi connectivity index (χ3v) is 9.00. The Morgan fingerprint density at radius 2 is 1.79 bits per heavy atom. The van der Waals surface area contributed by atoms with E-state index >= 15 is 0 Å². The predicted octanol–water partition coefficient (Wildman–Crippen LogP) is 3.66. The van der Waals surface area contributed by atoms with E-state index < -0.39 is 40.0 Å². The minimum Gasteiger partial charge on any atom is -0.390 e. The Bertz CT molecular complexity index is 1610. The summed E-state index contributed by atoms with van der Waals surface area (Å²) in [4.78, 5) is 43.7. The summed E-state index contributed by atoms with van der Waals surface area (Å²) in [5.74, 6) is -1.84. The van der Waals surface area contributed by atoms with E-state index in [1.165, 1.54) is 12.4 Å². The number of sulfonamides is 1. The molecule has 4 unspecified atom stereocenters. The van der Waals surface area contributed by atoms with Crippen LogP contribution in [0, 0.1) is 0 Å². The highest BCUT2D eigenvalue weighted by atomic mass is 35.5. The Hall–Kier alpha value is -3.13. The molecule has 0 saturated heterocycles. The first-order chi connectivity index (χ1) is 20.6. The van der Waals surface area contributed by atoms with E-state index in [1.54, 1.807) is 47.4 Å². The van der Waals surface area contributed by atoms with Gasteiger partial charge >= 0.3 is 0 Å². The molecule has 2 heterocycles. The van der Waals surface area contributed by atoms with E-state index in [4.69, 9.17) is 28.0 Å². The SMILES string of the molecule is CS(=O)(=O)NC1CCCCC1N1C(=O)c2ccccc2C(C(=O)NOCc2cnc(CO)cn2)C1c1ccc(Cl)cc1Cl. The Balaban J connectivity index is 1.56. The quantitative estimate of drug-likeness (QED) is 0.298. The van der Waals surface area contributed by atoms with Crippen LogP contribution in [0.25, 0.3) is 0 Å². The number of amides is 2. The number of carbonyl (C=O) groups excluding carboxylic acids is 2. The normalized spacial score (nSPS) is 22.2. The molecule has 1 aliphatic heterocycles. The number of nitrogens with zero attached hydrogens (tertiary/aromatic N) is 3. The zero-order chi connectivity index (χ0) is 30.7. The molecular weight excluding hydrogens is 617 g/mol. The standard InChI is InChI=1S/C29H31Cl2N5O6S/c1-43(40,41)35-24-8-4-5-9-25(24)36-27(22-11-10-17(30)12-23(22)31)26(20-6-2-3-7-21(20)29(36)39)28(38)34-42-16-19-14-32-18(15-37)13-33-19/h2-3,6-7,10-14,24-27,35,37H,4-5,8-9,15-16H2,1H3,(H,34,38). The average Bonchev–Trinajstić information content (AvgIpc) is 2.97. The maximum atomic E-state index is 14.3. The number of nitrogens with one attached hydrogen (secondary N) is 2. The largest absolute Gasteiger partial charge is 0.390 e. The van der Waals surface area contributed by atoms with Gasteiger partial charge in [-0.15, -0.1) is 0 Å². The lowest BCUT2D eigenvalue weighted by Crippen LogP contribution is -2.59. The van der Waals surface area contributed by atoms with Gasteiger partial charge in [-0.1, -0.05) is 60.3 Å². The molecule has 2 aromatic carbocycles. The molecule has 11 nitrogen and oxygen atoms in total. The van der Waals surface area contributed by atoms with E-state index in [2.05, 4.69) is 20.2 Å². The molecule has 3 N–H and O–H groups in total. The van der Waals surface area contributed by atoms with Gasteiger partial charge in [0.15, 0.2) is 0 Å². The van der Waals surface area contributed by atoms with E-state index in [9.17, 15) is 23.1 Å². The molecule has 3 aromatic rings. The first-order valence-corrected chi connectivity index (χ1v) is 16.4. The van der Waals surface area contributed by atoms with Gasteiger partial charge in [-0.05, 0) is 42.2 Å². The number of hydroxylamine groups is 1. The van der Waals surface area contributed by atoms with Gasteiger partial charge in [-0.3, -0.25) is 24.4 Å². The molecule has 2 amide bonds. The van der Waals surface area contributed by atoms with Crippen LogP contribution in [-0.2, 0) is 32.9 Å². The summed E-state index contributed by atoms with van der Waals surface area (Å²) >= 11 is 13.0. The van der Waals surface area contributed by atoms with E-state index in [-0.39, 0.29) is 24.1 Å². The first kappa shape index (κ1) is 31.3. The fraction of sp³-hybridized carbons (Fsp3) is 0.379. The third kappa shape index (κ3) is 7.00. The van der Waals surface area contributed by atoms with Crippen LogP contribution in [0.1, 0.15) is 70.5 Å². The molecular formula is C29H31Cl2N5O6S. The Morgan fingerprint density at radius 1 is 1.07 bits per heavy atom. The van der Waals surface area contributed by atoms with Crippen molar-refractivity contribution in [3.63, 3.8) is 0 Å². The average molecular weight is 649 g/mol. The summed E-state index contributed by atoms with van der Waals surface area (Å²) in [7, 11) is -3.60. The number of aliphatic hydroxyl groups is 1. The molecule has 1 aromatic heterocycles. The molecule has 43 heavy (non-hydrogen) atoms. The minimum absolute atomic E-state index is 0.100. The second-order valence-electron chi connectivity index (χ2n) is 10.6. The summed E-state index contributed by atoms with van der Waals surface area (Å²) in [6.07, 6.45) is 6.54. The minimum atomic E-state index is -3.60. The van der Waals surface area contributed by atoms with Crippen molar-refractivity contribution >= 4 is 45.0 Å². The van der Waals surface area contributed by atoms with Crippen LogP contribution in [0.5, 0.6) is 0 Å². The summed E-state index contributed by atoms with van der Waals surface area (Å²) < 4.78 is 27.4. The van der Waals surface area contributed by atoms with Crippen LogP contribution in [0.3, 0.4) is 0 Å². The summed E-state index contributed by atoms with van der Waals surface area (Å²) in [6, 6.07) is 9.69. The van der Waals surface area contributed by atoms with Crippen molar-refractivity contribution in [1.82, 2.24) is 25.1 Å². The molecule has 1 saturated carbocycles. The molecule has 0 radical (unpaired) electrons. The van der Waals surface area contributed by atoms with E-state index in [0.717, 1.165) is 19.1 Å². The van der Waals surface area contributed by atoms with E-state index in [0.29, 0.717) is 45.9 Å². The molecule has 4 atom stereocenters. The van der Waals surface area contributed by atoms with Crippen molar-refractivity contribution in [2.75, 3.05) is 6.26 Å². The number of fused-ring (bicyclic) bond motifs is 1. The van der Waals surface area contributed by atoms with Gasteiger partial charge in [-0.2, -0.15) is 0 Å². The number of aliphatic hydroxyl groups excluding tert-OH is 1. The Morgan fingerprint density at radius 3 is 2.49 bits per heavy atom. The van der Waals surface area contributed by atoms with Crippen molar-refractivity contribution in [2.24, 2.45) is 0 Å². The van der Waals surface area contributed by atoms with E-state index in [1.807, 2.05) is 0 Å². The fourth-order valence-electron chi connectivity index (χ4n) is 5.91. The van der Waals surface area contributed by atoms with Gasteiger partial charge < -0.3 is 10.0 Å². The first-order valence-electron chi connectivity index (χ1n) is 13.7. The number of benzene rings is 2. The molecule has 0 spiro atoms. The second kappa shape index (κ2) is 13.2. The van der Waals surface area contributed by atoms with Gasteiger partial charge in [-0.25, -0.2) is 18.6 Å². The van der Waals surface area contributed by atoms with Crippen LogP contribution in [0.4, 0.5) is 0 Å². The molecule has 0 bridgehead atoms. The van der Waals surface area contributed by atoms with Gasteiger partial charge in [0, 0.05) is 27.7 Å². The van der Waals surface area contributed by atoms with Crippen LogP contribution in [-0.4, -0.2) is 58.5 Å². The topological polar surface area (TPSA) is 151 Å². The number of aromatic nitrogens is 2. The monoisotopic (exact) mass is 647 g/mol. The maximum Gasteiger partial charge on any atom is 0.255 e. The second-order valence-corrected chi connectivity index (χ2v) is 13.3. The summed E-state index contributed by atoms with van der Waals surface area (Å²) in [5.41, 5.74) is 4.64. The van der Waals surface area contributed by atoms with Crippen LogP contribution >= 0.6 is 23.2 Å². The fourth-order valence-corrected chi connectivity index (χ4v) is 7.26. The number of carbonyl (C=O) groups is 2. The molecule has 5 rings (SSSR count). The Labute approximate surface area is 259 Å². The number of hydrogen-bond acceptors (Lipinski definition) is 8. The lowest BCUT2D eigenvalue weighted by Gasteiger charge is -2.49. The van der Waals surface area contributed by atoms with Gasteiger partial charge in [0.2, 0.25) is 10.0 Å². The molecule has 1 aliphatic carbocycles. The number of hydrogen-bond donors (Lipinski definition) is 3. The van der Waals surface area contributed by atoms with Crippen LogP contribution in [0.15, 0.2) is 54.9 Å². The number of halogens is 2. The highest BCUT2D eigenvalue weighted by Crippen LogP contribution is 2.47. The molecule has 228 valence electrons. The van der Waals surface area contributed by atoms with Gasteiger partial charge in [0.05, 0.1) is 48.6 Å². The van der Waals surface area contributed by atoms with Crippen molar-refractivity contribution in [1.29, 1.82) is 0 Å². The van der Waals surface area contributed by atoms with Crippen molar-refractivity contribution < 1.29 is 28.0 Å².